The Labute approximate surface area is 406 Å². The van der Waals surface area contributed by atoms with E-state index in [9.17, 15) is 0 Å². The normalized spacial score (nSPS) is 11.4. The summed E-state index contributed by atoms with van der Waals surface area (Å²) in [4.78, 5) is 4.69. The fourth-order valence-corrected chi connectivity index (χ4v) is 10.2. The summed E-state index contributed by atoms with van der Waals surface area (Å²) in [6.45, 7) is 0. The van der Waals surface area contributed by atoms with Crippen LogP contribution in [0.1, 0.15) is 0 Å². The van der Waals surface area contributed by atoms with Crippen LogP contribution in [0.15, 0.2) is 277 Å². The molecule has 11 aromatic carbocycles. The molecule has 0 fully saturated rings. The Hall–Kier alpha value is -9.38. The number of benzene rings is 11. The molecular weight excluding hydrogens is 851 g/mol. The van der Waals surface area contributed by atoms with E-state index in [1.807, 2.05) is 0 Å². The molecule has 0 aliphatic heterocycles. The van der Waals surface area contributed by atoms with Crippen molar-refractivity contribution in [3.8, 4) is 39.1 Å². The first kappa shape index (κ1) is 40.9. The molecule has 0 unspecified atom stereocenters. The second-order valence-corrected chi connectivity index (χ2v) is 17.8. The number of rotatable bonds is 10. The van der Waals surface area contributed by atoms with E-state index in [1.165, 1.54) is 44.1 Å². The number of hydrogen-bond acceptors (Lipinski definition) is 3. The van der Waals surface area contributed by atoms with Crippen molar-refractivity contribution in [3.63, 3.8) is 0 Å². The quantitative estimate of drug-likeness (QED) is 0.137. The number of aromatic nitrogens is 1. The van der Waals surface area contributed by atoms with Gasteiger partial charge in [-0.15, -0.1) is 0 Å². The summed E-state index contributed by atoms with van der Waals surface area (Å²) in [6, 6.07) is 97.6. The average Bonchev–Trinajstić information content (AvgIpc) is 3.97. The predicted octanol–water partition coefficient (Wildman–Crippen LogP) is 18.6. The summed E-state index contributed by atoms with van der Waals surface area (Å²) in [5, 5.41) is 4.61. The van der Waals surface area contributed by atoms with E-state index in [2.05, 4.69) is 287 Å². The van der Waals surface area contributed by atoms with E-state index in [1.54, 1.807) is 0 Å². The van der Waals surface area contributed by atoms with Crippen LogP contribution < -0.4 is 9.80 Å². The van der Waals surface area contributed by atoms with Crippen molar-refractivity contribution in [2.24, 2.45) is 0 Å². The van der Waals surface area contributed by atoms with Crippen molar-refractivity contribution in [3.05, 3.63) is 273 Å². The molecular formula is C66H45N3O. The molecule has 13 aromatic rings. The Bertz CT molecular complexity index is 3970. The molecule has 0 radical (unpaired) electrons. The Morgan fingerprint density at radius 2 is 0.686 bits per heavy atom. The first-order chi connectivity index (χ1) is 34.7. The third-order valence-electron chi connectivity index (χ3n) is 13.6. The molecule has 0 aliphatic carbocycles. The van der Waals surface area contributed by atoms with E-state index in [0.717, 1.165) is 72.9 Å². The van der Waals surface area contributed by atoms with Gasteiger partial charge in [-0.3, -0.25) is 0 Å². The first-order valence-electron chi connectivity index (χ1n) is 23.8. The predicted molar refractivity (Wildman–Crippen MR) is 294 cm³/mol. The zero-order valence-electron chi connectivity index (χ0n) is 38.2. The molecule has 2 heterocycles. The smallest absolute Gasteiger partial charge is 0.136 e. The second-order valence-electron chi connectivity index (χ2n) is 17.8. The van der Waals surface area contributed by atoms with Gasteiger partial charge in [0, 0.05) is 61.4 Å². The highest BCUT2D eigenvalue weighted by Gasteiger charge is 2.20. The Balaban J connectivity index is 0.914. The third-order valence-corrected chi connectivity index (χ3v) is 13.6. The molecule has 13 rings (SSSR count). The van der Waals surface area contributed by atoms with Crippen molar-refractivity contribution in [1.29, 1.82) is 0 Å². The summed E-state index contributed by atoms with van der Waals surface area (Å²) in [5.74, 6) is 0. The lowest BCUT2D eigenvalue weighted by Gasteiger charge is -2.29. The summed E-state index contributed by atoms with van der Waals surface area (Å²) in [7, 11) is 0. The van der Waals surface area contributed by atoms with Crippen LogP contribution in [0.2, 0.25) is 0 Å². The maximum Gasteiger partial charge on any atom is 0.136 e. The van der Waals surface area contributed by atoms with Gasteiger partial charge in [-0.05, 0) is 143 Å². The SMILES string of the molecule is c1ccc(-c2ccc(N(c3ccccc3)c3cccc(N(c4ccc(-c5ccccc5)cc4)c4ccc5oc6cc(-c7ccc8c9ccccc9n(-c9ccccc9)c8c7)ccc6c5c4)c3)cc2)cc1. The summed E-state index contributed by atoms with van der Waals surface area (Å²) in [6.07, 6.45) is 0. The molecule has 0 atom stereocenters. The number of nitrogens with zero attached hydrogens (tertiary/aromatic N) is 3. The van der Waals surface area contributed by atoms with E-state index in [4.69, 9.17) is 4.42 Å². The van der Waals surface area contributed by atoms with Crippen LogP contribution in [0.5, 0.6) is 0 Å². The molecule has 0 bridgehead atoms. The molecule has 2 aromatic heterocycles. The monoisotopic (exact) mass is 895 g/mol. The third kappa shape index (κ3) is 7.36. The number of para-hydroxylation sites is 3. The van der Waals surface area contributed by atoms with Gasteiger partial charge in [0.25, 0.3) is 0 Å². The van der Waals surface area contributed by atoms with Gasteiger partial charge < -0.3 is 18.8 Å². The highest BCUT2D eigenvalue weighted by Crippen LogP contribution is 2.44. The molecule has 70 heavy (non-hydrogen) atoms. The van der Waals surface area contributed by atoms with E-state index in [-0.39, 0.29) is 0 Å². The summed E-state index contributed by atoms with van der Waals surface area (Å²) >= 11 is 0. The second kappa shape index (κ2) is 17.4. The highest BCUT2D eigenvalue weighted by atomic mass is 16.3. The molecule has 0 saturated carbocycles. The van der Waals surface area contributed by atoms with Gasteiger partial charge in [-0.2, -0.15) is 0 Å². The minimum Gasteiger partial charge on any atom is -0.456 e. The molecule has 0 spiro atoms. The molecule has 4 heteroatoms. The fourth-order valence-electron chi connectivity index (χ4n) is 10.2. The van der Waals surface area contributed by atoms with Crippen LogP contribution in [0, 0.1) is 0 Å². The van der Waals surface area contributed by atoms with Crippen molar-refractivity contribution in [2.75, 3.05) is 9.80 Å². The molecule has 0 saturated heterocycles. The Morgan fingerprint density at radius 1 is 0.243 bits per heavy atom. The van der Waals surface area contributed by atoms with Crippen LogP contribution in [-0.4, -0.2) is 4.57 Å². The summed E-state index contributed by atoms with van der Waals surface area (Å²) in [5.41, 5.74) is 18.5. The Morgan fingerprint density at radius 3 is 1.33 bits per heavy atom. The largest absolute Gasteiger partial charge is 0.456 e. The van der Waals surface area contributed by atoms with Gasteiger partial charge in [-0.25, -0.2) is 0 Å². The maximum atomic E-state index is 6.71. The van der Waals surface area contributed by atoms with Crippen molar-refractivity contribution >= 4 is 77.9 Å². The van der Waals surface area contributed by atoms with E-state index in [0.29, 0.717) is 0 Å². The lowest BCUT2D eigenvalue weighted by Crippen LogP contribution is -2.13. The zero-order chi connectivity index (χ0) is 46.4. The molecule has 0 amide bonds. The van der Waals surface area contributed by atoms with Crippen LogP contribution in [0.3, 0.4) is 0 Å². The lowest BCUT2D eigenvalue weighted by molar-refractivity contribution is 0.669. The standard InChI is InChI=1S/C66H45N3O/c1-5-16-46(17-6-1)48-28-34-54(35-29-48)67(52-20-9-3-10-21-52)56-24-15-25-57(44-56)68(55-36-30-49(31-37-55)47-18-7-2-8-19-47)58-38-41-65-62(45-58)61-40-33-51(43-66(61)70-65)50-32-39-60-59-26-13-14-27-63(59)69(64(60)42-50)53-22-11-4-12-23-53/h1-45H. The van der Waals surface area contributed by atoms with Gasteiger partial charge in [-0.1, -0.05) is 164 Å². The van der Waals surface area contributed by atoms with Crippen molar-refractivity contribution in [1.82, 2.24) is 4.57 Å². The van der Waals surface area contributed by atoms with Gasteiger partial charge in [0.1, 0.15) is 11.2 Å². The van der Waals surface area contributed by atoms with Crippen molar-refractivity contribution < 1.29 is 4.42 Å². The van der Waals surface area contributed by atoms with Crippen LogP contribution in [-0.2, 0) is 0 Å². The minimum atomic E-state index is 0.845. The van der Waals surface area contributed by atoms with Crippen LogP contribution >= 0.6 is 0 Å². The average molecular weight is 896 g/mol. The van der Waals surface area contributed by atoms with Gasteiger partial charge in [0.15, 0.2) is 0 Å². The molecule has 0 aliphatic rings. The molecule has 330 valence electrons. The van der Waals surface area contributed by atoms with Crippen molar-refractivity contribution in [2.45, 2.75) is 0 Å². The maximum absolute atomic E-state index is 6.71. The highest BCUT2D eigenvalue weighted by molar-refractivity contribution is 6.11. The fraction of sp³-hybridized carbons (Fsp3) is 0. The zero-order valence-corrected chi connectivity index (χ0v) is 38.2. The number of furan rings is 1. The molecule has 0 N–H and O–H groups in total. The van der Waals surface area contributed by atoms with Gasteiger partial charge >= 0.3 is 0 Å². The minimum absolute atomic E-state index is 0.845. The first-order valence-corrected chi connectivity index (χ1v) is 23.8. The topological polar surface area (TPSA) is 24.6 Å². The number of anilines is 6. The lowest BCUT2D eigenvalue weighted by atomic mass is 10.0. The Kier molecular flexibility index (Phi) is 10.1. The van der Waals surface area contributed by atoms with Gasteiger partial charge in [0.05, 0.1) is 11.0 Å². The van der Waals surface area contributed by atoms with E-state index < -0.39 is 0 Å². The van der Waals surface area contributed by atoms with E-state index >= 15 is 0 Å². The van der Waals surface area contributed by atoms with Crippen LogP contribution in [0.25, 0.3) is 82.8 Å². The number of hydrogen-bond donors (Lipinski definition) is 0. The molecule has 4 nitrogen and oxygen atoms in total. The summed E-state index contributed by atoms with van der Waals surface area (Å²) < 4.78 is 9.08. The van der Waals surface area contributed by atoms with Gasteiger partial charge in [0.2, 0.25) is 0 Å². The van der Waals surface area contributed by atoms with Crippen LogP contribution in [0.4, 0.5) is 34.1 Å². The number of fused-ring (bicyclic) bond motifs is 6.